The Morgan fingerprint density at radius 1 is 1.50 bits per heavy atom. The lowest BCUT2D eigenvalue weighted by atomic mass is 10.0. The fourth-order valence-corrected chi connectivity index (χ4v) is 1.08. The van der Waals surface area contributed by atoms with Crippen LogP contribution in [0, 0.1) is 19.9 Å². The Morgan fingerprint density at radius 2 is 2.08 bits per heavy atom. The highest BCUT2D eigenvalue weighted by molar-refractivity contribution is 5.99. The van der Waals surface area contributed by atoms with Gasteiger partial charge in [0.25, 0.3) is 5.91 Å². The van der Waals surface area contributed by atoms with Crippen molar-refractivity contribution in [2.24, 2.45) is 5.73 Å². The van der Waals surface area contributed by atoms with Crippen LogP contribution in [0.2, 0.25) is 0 Å². The van der Waals surface area contributed by atoms with Gasteiger partial charge in [-0.1, -0.05) is 0 Å². The van der Waals surface area contributed by atoms with Gasteiger partial charge in [-0.3, -0.25) is 4.79 Å². The Labute approximate surface area is 71.4 Å². The van der Waals surface area contributed by atoms with E-state index in [9.17, 15) is 4.79 Å². The maximum Gasteiger partial charge on any atom is 0.251 e. The number of primary amides is 1. The number of amides is 1. The number of hydrogen-bond donors (Lipinski definition) is 2. The summed E-state index contributed by atoms with van der Waals surface area (Å²) in [6.45, 7) is 3.71. The maximum absolute atomic E-state index is 10.9. The van der Waals surface area contributed by atoms with E-state index in [1.807, 2.05) is 13.8 Å². The summed E-state index contributed by atoms with van der Waals surface area (Å²) < 4.78 is 0. The number of rotatable bonds is 1. The van der Waals surface area contributed by atoms with Crippen LogP contribution in [0.25, 0.3) is 0 Å². The summed E-state index contributed by atoms with van der Waals surface area (Å²) in [4.78, 5) is 10.9. The molecule has 0 heterocycles. The molecule has 0 bridgehead atoms. The quantitative estimate of drug-likeness (QED) is 0.601. The molecule has 4 N–H and O–H groups in total. The fourth-order valence-electron chi connectivity index (χ4n) is 1.08. The van der Waals surface area contributed by atoms with Crippen LogP contribution in [0.1, 0.15) is 21.5 Å². The van der Waals surface area contributed by atoms with Gasteiger partial charge >= 0.3 is 0 Å². The minimum absolute atomic E-state index is 0.325. The number of nitrogen functional groups attached to an aromatic ring is 1. The number of carbonyl (C=O) groups excluding carboxylic acids is 1. The van der Waals surface area contributed by atoms with Gasteiger partial charge in [0.1, 0.15) is 0 Å². The molecule has 12 heavy (non-hydrogen) atoms. The molecule has 1 aromatic rings. The lowest BCUT2D eigenvalue weighted by Crippen LogP contribution is -2.15. The zero-order chi connectivity index (χ0) is 9.30. The first-order chi connectivity index (χ1) is 5.54. The Kier molecular flexibility index (Phi) is 2.04. The first-order valence-corrected chi connectivity index (χ1v) is 3.61. The Morgan fingerprint density at radius 3 is 2.50 bits per heavy atom. The molecule has 0 aliphatic rings. The molecule has 0 unspecified atom stereocenters. The molecule has 0 spiro atoms. The molecule has 0 saturated heterocycles. The summed E-state index contributed by atoms with van der Waals surface area (Å²) in [5.74, 6) is -0.495. The largest absolute Gasteiger partial charge is 0.398 e. The van der Waals surface area contributed by atoms with Crippen LogP contribution in [-0.2, 0) is 0 Å². The van der Waals surface area contributed by atoms with Crippen LogP contribution in [0.5, 0.6) is 0 Å². The molecule has 0 saturated carbocycles. The first kappa shape index (κ1) is 8.59. The molecular weight excluding hydrogens is 152 g/mol. The summed E-state index contributed by atoms with van der Waals surface area (Å²) in [6.07, 6.45) is 0. The lowest BCUT2D eigenvalue weighted by molar-refractivity contribution is 0.100. The van der Waals surface area contributed by atoms with Crippen LogP contribution in [0.15, 0.2) is 6.07 Å². The van der Waals surface area contributed by atoms with E-state index < -0.39 is 5.91 Å². The van der Waals surface area contributed by atoms with Crippen molar-refractivity contribution in [3.63, 3.8) is 0 Å². The van der Waals surface area contributed by atoms with Crippen molar-refractivity contribution in [3.8, 4) is 0 Å². The molecule has 0 fully saturated rings. The predicted octanol–water partition coefficient (Wildman–Crippen LogP) is 0.785. The zero-order valence-corrected chi connectivity index (χ0v) is 7.14. The third-order valence-corrected chi connectivity index (χ3v) is 1.93. The van der Waals surface area contributed by atoms with Gasteiger partial charge in [-0.2, -0.15) is 0 Å². The smallest absolute Gasteiger partial charge is 0.251 e. The molecule has 0 aliphatic carbocycles. The van der Waals surface area contributed by atoms with Crippen LogP contribution < -0.4 is 11.5 Å². The van der Waals surface area contributed by atoms with Crippen LogP contribution in [-0.4, -0.2) is 5.91 Å². The van der Waals surface area contributed by atoms with Gasteiger partial charge in [0.05, 0.1) is 11.3 Å². The summed E-state index contributed by atoms with van der Waals surface area (Å²) in [5, 5.41) is 0. The molecule has 0 atom stereocenters. The van der Waals surface area contributed by atoms with Crippen molar-refractivity contribution in [3.05, 3.63) is 28.8 Å². The Balaban J connectivity index is 3.43. The average molecular weight is 163 g/mol. The second kappa shape index (κ2) is 2.85. The van der Waals surface area contributed by atoms with Crippen LogP contribution in [0.4, 0.5) is 5.69 Å². The molecular formula is C9H11N2O. The summed E-state index contributed by atoms with van der Waals surface area (Å²) >= 11 is 0. The van der Waals surface area contributed by atoms with E-state index in [0.29, 0.717) is 11.3 Å². The molecule has 1 aromatic carbocycles. The zero-order valence-electron chi connectivity index (χ0n) is 7.14. The van der Waals surface area contributed by atoms with Crippen molar-refractivity contribution < 1.29 is 4.79 Å². The summed E-state index contributed by atoms with van der Waals surface area (Å²) in [5.41, 5.74) is 13.2. The minimum Gasteiger partial charge on any atom is -0.398 e. The second-order valence-electron chi connectivity index (χ2n) is 2.75. The maximum atomic E-state index is 10.9. The number of carbonyl (C=O) groups is 1. The number of anilines is 1. The topological polar surface area (TPSA) is 69.1 Å². The monoisotopic (exact) mass is 163 g/mol. The van der Waals surface area contributed by atoms with Gasteiger partial charge in [0, 0.05) is 6.07 Å². The van der Waals surface area contributed by atoms with Crippen molar-refractivity contribution in [1.29, 1.82) is 0 Å². The first-order valence-electron chi connectivity index (χ1n) is 3.61. The highest BCUT2D eigenvalue weighted by atomic mass is 16.1. The van der Waals surface area contributed by atoms with Gasteiger partial charge in [-0.15, -0.1) is 0 Å². The number of hydrogen-bond acceptors (Lipinski definition) is 2. The lowest BCUT2D eigenvalue weighted by Gasteiger charge is -2.07. The van der Waals surface area contributed by atoms with E-state index in [1.54, 1.807) is 6.07 Å². The SMILES string of the molecule is Cc1c[c]c(N)c(C(N)=O)c1C. The van der Waals surface area contributed by atoms with Gasteiger partial charge in [-0.05, 0) is 31.0 Å². The van der Waals surface area contributed by atoms with E-state index in [2.05, 4.69) is 6.07 Å². The number of nitrogens with two attached hydrogens (primary N) is 2. The normalized spacial score (nSPS) is 9.83. The van der Waals surface area contributed by atoms with Crippen LogP contribution >= 0.6 is 0 Å². The van der Waals surface area contributed by atoms with E-state index in [4.69, 9.17) is 11.5 Å². The fraction of sp³-hybridized carbons (Fsp3) is 0.222. The third-order valence-electron chi connectivity index (χ3n) is 1.93. The van der Waals surface area contributed by atoms with E-state index >= 15 is 0 Å². The number of aryl methyl sites for hydroxylation is 1. The standard InChI is InChI=1S/C9H11N2O/c1-5-3-4-7(10)8(6(5)2)9(11)12/h3H,10H2,1-2H3,(H2,11,12). The second-order valence-corrected chi connectivity index (χ2v) is 2.75. The van der Waals surface area contributed by atoms with Crippen molar-refractivity contribution in [2.45, 2.75) is 13.8 Å². The van der Waals surface area contributed by atoms with Crippen molar-refractivity contribution in [1.82, 2.24) is 0 Å². The molecule has 0 aliphatic heterocycles. The molecule has 63 valence electrons. The molecule has 0 aromatic heterocycles. The molecule has 3 nitrogen and oxygen atoms in total. The van der Waals surface area contributed by atoms with E-state index in [0.717, 1.165) is 11.1 Å². The predicted molar refractivity (Wildman–Crippen MR) is 47.7 cm³/mol. The third kappa shape index (κ3) is 1.25. The molecule has 1 rings (SSSR count). The highest BCUT2D eigenvalue weighted by Crippen LogP contribution is 2.18. The van der Waals surface area contributed by atoms with Crippen molar-refractivity contribution >= 4 is 11.6 Å². The summed E-state index contributed by atoms with van der Waals surface area (Å²) in [7, 11) is 0. The van der Waals surface area contributed by atoms with Gasteiger partial charge in [0.15, 0.2) is 0 Å². The van der Waals surface area contributed by atoms with Gasteiger partial charge < -0.3 is 11.5 Å². The van der Waals surface area contributed by atoms with E-state index in [1.165, 1.54) is 0 Å². The number of benzene rings is 1. The average Bonchev–Trinajstić information content (AvgIpc) is 1.97. The van der Waals surface area contributed by atoms with Crippen LogP contribution in [0.3, 0.4) is 0 Å². The molecule has 1 radical (unpaired) electrons. The Hall–Kier alpha value is -1.51. The molecule has 3 heteroatoms. The minimum atomic E-state index is -0.495. The van der Waals surface area contributed by atoms with Gasteiger partial charge in [-0.25, -0.2) is 0 Å². The highest BCUT2D eigenvalue weighted by Gasteiger charge is 2.10. The van der Waals surface area contributed by atoms with Crippen molar-refractivity contribution in [2.75, 3.05) is 5.73 Å². The molecule has 1 amide bonds. The van der Waals surface area contributed by atoms with Gasteiger partial charge in [0.2, 0.25) is 0 Å². The van der Waals surface area contributed by atoms with E-state index in [-0.39, 0.29) is 0 Å². The summed E-state index contributed by atoms with van der Waals surface area (Å²) in [6, 6.07) is 4.51. The Bertz CT molecular complexity index is 332.